The molecule has 174 valence electrons. The Bertz CT molecular complexity index is 829. The molecular formula is C18H21Cl2F3N2O6. The first-order chi connectivity index (χ1) is 14.3. The number of aliphatic hydroxyl groups excluding tert-OH is 2. The minimum absolute atomic E-state index is 0.0190. The van der Waals surface area contributed by atoms with Gasteiger partial charge in [0.15, 0.2) is 6.10 Å². The molecule has 31 heavy (non-hydrogen) atoms. The van der Waals surface area contributed by atoms with E-state index in [1.54, 1.807) is 11.0 Å². The van der Waals surface area contributed by atoms with Gasteiger partial charge in [-0.2, -0.15) is 13.2 Å². The number of nitrogens with two attached hydrogens (primary N) is 1. The van der Waals surface area contributed by atoms with Crippen LogP contribution in [-0.2, 0) is 9.59 Å². The van der Waals surface area contributed by atoms with E-state index in [0.29, 0.717) is 23.7 Å². The number of aliphatic carboxylic acids is 1. The van der Waals surface area contributed by atoms with E-state index in [1.165, 1.54) is 6.07 Å². The molecule has 1 heterocycles. The van der Waals surface area contributed by atoms with Crippen LogP contribution in [0.1, 0.15) is 18.0 Å². The summed E-state index contributed by atoms with van der Waals surface area (Å²) in [4.78, 5) is 22.5. The average molecular weight is 489 g/mol. The molecule has 1 amide bonds. The van der Waals surface area contributed by atoms with Crippen molar-refractivity contribution in [2.24, 2.45) is 23.5 Å². The Kier molecular flexibility index (Phi) is 8.04. The third-order valence-electron chi connectivity index (χ3n) is 5.46. The molecule has 4 atom stereocenters. The van der Waals surface area contributed by atoms with Gasteiger partial charge in [-0.3, -0.25) is 4.79 Å². The topological polar surface area (TPSA) is 144 Å². The van der Waals surface area contributed by atoms with E-state index in [9.17, 15) is 28.2 Å². The standard InChI is InChI=1S/C16H20Cl2N2O4.C2HF3O2/c17-10-2-9(12(22)3-11(10)18)15(19)14-7-1-8(14)5-20(4-7)16(24)13(23)6-21;3-2(4,5)1(6)7/h2-3,7-8,13-15,21-23H,1,4-6,19H2;(H,6,7). The SMILES string of the molecule is NC(c1cc(Cl)c(Cl)cc1O)C1C2CC1CN(C(=O)C(O)CO)C2.O=C(O)C(F)(F)F. The second kappa shape index (κ2) is 9.78. The van der Waals surface area contributed by atoms with Crippen molar-refractivity contribution < 1.29 is 43.2 Å². The summed E-state index contributed by atoms with van der Waals surface area (Å²) in [5.74, 6) is -2.66. The summed E-state index contributed by atoms with van der Waals surface area (Å²) in [5.41, 5.74) is 6.92. The van der Waals surface area contributed by atoms with Crippen molar-refractivity contribution in [3.8, 4) is 5.75 Å². The Morgan fingerprint density at radius 2 is 1.68 bits per heavy atom. The van der Waals surface area contributed by atoms with E-state index in [2.05, 4.69) is 0 Å². The number of hydrogen-bond donors (Lipinski definition) is 5. The van der Waals surface area contributed by atoms with Gasteiger partial charge in [0.2, 0.25) is 0 Å². The number of rotatable bonds is 4. The molecular weight excluding hydrogens is 468 g/mol. The highest BCUT2D eigenvalue weighted by atomic mass is 35.5. The van der Waals surface area contributed by atoms with Crippen molar-refractivity contribution >= 4 is 35.1 Å². The highest BCUT2D eigenvalue weighted by molar-refractivity contribution is 6.42. The summed E-state index contributed by atoms with van der Waals surface area (Å²) >= 11 is 11.9. The fourth-order valence-corrected chi connectivity index (χ4v) is 4.34. The Morgan fingerprint density at radius 3 is 2.13 bits per heavy atom. The summed E-state index contributed by atoms with van der Waals surface area (Å²) < 4.78 is 31.7. The number of piperidine rings is 2. The van der Waals surface area contributed by atoms with Crippen LogP contribution in [0.25, 0.3) is 0 Å². The molecule has 1 aliphatic heterocycles. The zero-order valence-electron chi connectivity index (χ0n) is 15.9. The lowest BCUT2D eigenvalue weighted by molar-refractivity contribution is -0.192. The number of benzene rings is 1. The maximum absolute atomic E-state index is 12.0. The van der Waals surface area contributed by atoms with Crippen molar-refractivity contribution in [2.45, 2.75) is 24.7 Å². The van der Waals surface area contributed by atoms with Crippen molar-refractivity contribution in [2.75, 3.05) is 19.7 Å². The first-order valence-corrected chi connectivity index (χ1v) is 9.84. The van der Waals surface area contributed by atoms with Crippen molar-refractivity contribution in [3.63, 3.8) is 0 Å². The predicted molar refractivity (Wildman–Crippen MR) is 104 cm³/mol. The van der Waals surface area contributed by atoms with Crippen LogP contribution in [-0.4, -0.2) is 69.2 Å². The Labute approximate surface area is 185 Å². The quantitative estimate of drug-likeness (QED) is 0.434. The van der Waals surface area contributed by atoms with Gasteiger partial charge in [0.05, 0.1) is 16.7 Å². The van der Waals surface area contributed by atoms with Crippen LogP contribution in [0.5, 0.6) is 5.75 Å². The number of carboxylic acids is 1. The molecule has 1 aromatic carbocycles. The van der Waals surface area contributed by atoms with E-state index < -0.39 is 36.8 Å². The zero-order chi connectivity index (χ0) is 23.7. The molecule has 6 N–H and O–H groups in total. The summed E-state index contributed by atoms with van der Waals surface area (Å²) in [5, 5.41) is 36.3. The van der Waals surface area contributed by atoms with Crippen molar-refractivity contribution in [1.82, 2.24) is 4.90 Å². The molecule has 1 aliphatic carbocycles. The summed E-state index contributed by atoms with van der Waals surface area (Å²) in [6, 6.07) is 2.58. The lowest BCUT2D eigenvalue weighted by Crippen LogP contribution is -2.60. The number of carbonyl (C=O) groups is 2. The number of likely N-dealkylation sites (tertiary alicyclic amines) is 1. The van der Waals surface area contributed by atoms with Gasteiger partial charge in [0, 0.05) is 30.8 Å². The Hall–Kier alpha value is -1.79. The second-order valence-electron chi connectivity index (χ2n) is 7.43. The van der Waals surface area contributed by atoms with Crippen LogP contribution in [0.4, 0.5) is 13.2 Å². The van der Waals surface area contributed by atoms with Crippen LogP contribution in [0, 0.1) is 17.8 Å². The monoisotopic (exact) mass is 488 g/mol. The van der Waals surface area contributed by atoms with Gasteiger partial charge in [-0.15, -0.1) is 0 Å². The zero-order valence-corrected chi connectivity index (χ0v) is 17.4. The third-order valence-corrected chi connectivity index (χ3v) is 6.18. The average Bonchev–Trinajstić information content (AvgIpc) is 2.69. The maximum atomic E-state index is 12.0. The lowest BCUT2D eigenvalue weighted by Gasteiger charge is -2.56. The van der Waals surface area contributed by atoms with Gasteiger partial charge in [-0.05, 0) is 30.2 Å². The van der Waals surface area contributed by atoms with Crippen LogP contribution in [0.3, 0.4) is 0 Å². The molecule has 8 nitrogen and oxygen atoms in total. The van der Waals surface area contributed by atoms with Gasteiger partial charge in [0.1, 0.15) is 5.75 Å². The fourth-order valence-electron chi connectivity index (χ4n) is 4.01. The predicted octanol–water partition coefficient (Wildman–Crippen LogP) is 1.78. The van der Waals surface area contributed by atoms with Gasteiger partial charge in [-0.1, -0.05) is 23.2 Å². The molecule has 2 aliphatic rings. The molecule has 1 saturated carbocycles. The molecule has 3 rings (SSSR count). The summed E-state index contributed by atoms with van der Waals surface area (Å²) in [7, 11) is 0. The first kappa shape index (κ1) is 25.5. The highest BCUT2D eigenvalue weighted by Crippen LogP contribution is 2.52. The number of phenols is 1. The van der Waals surface area contributed by atoms with Crippen LogP contribution < -0.4 is 5.73 Å². The van der Waals surface area contributed by atoms with Crippen LogP contribution >= 0.6 is 23.2 Å². The van der Waals surface area contributed by atoms with E-state index >= 15 is 0 Å². The molecule has 2 bridgehead atoms. The smallest absolute Gasteiger partial charge is 0.490 e. The molecule has 0 aromatic heterocycles. The van der Waals surface area contributed by atoms with Crippen molar-refractivity contribution in [1.29, 1.82) is 0 Å². The minimum atomic E-state index is -5.08. The maximum Gasteiger partial charge on any atom is 0.490 e. The van der Waals surface area contributed by atoms with Gasteiger partial charge < -0.3 is 31.1 Å². The normalized spacial score (nSPS) is 24.4. The number of carbonyl (C=O) groups excluding carboxylic acids is 1. The van der Waals surface area contributed by atoms with Gasteiger partial charge >= 0.3 is 12.1 Å². The number of halogens is 5. The van der Waals surface area contributed by atoms with Crippen LogP contribution in [0.2, 0.25) is 10.0 Å². The third kappa shape index (κ3) is 5.72. The Balaban J connectivity index is 0.000000423. The molecule has 13 heteroatoms. The number of nitrogens with zero attached hydrogens (tertiary/aromatic N) is 1. The lowest BCUT2D eigenvalue weighted by atomic mass is 9.58. The van der Waals surface area contributed by atoms with Gasteiger partial charge in [0.25, 0.3) is 5.91 Å². The van der Waals surface area contributed by atoms with E-state index in [4.69, 9.17) is 43.9 Å². The number of carboxylic acid groups (broad SMARTS) is 1. The number of fused-ring (bicyclic) bond motifs is 2. The second-order valence-corrected chi connectivity index (χ2v) is 8.24. The number of aliphatic hydroxyl groups is 2. The van der Waals surface area contributed by atoms with Crippen LogP contribution in [0.15, 0.2) is 12.1 Å². The molecule has 0 radical (unpaired) electrons. The fraction of sp³-hybridized carbons (Fsp3) is 0.556. The number of alkyl halides is 3. The van der Waals surface area contributed by atoms with Gasteiger partial charge in [-0.25, -0.2) is 4.79 Å². The summed E-state index contributed by atoms with van der Waals surface area (Å²) in [6.07, 6.45) is -5.49. The molecule has 0 spiro atoms. The highest BCUT2D eigenvalue weighted by Gasteiger charge is 2.51. The molecule has 1 saturated heterocycles. The number of hydrogen-bond acceptors (Lipinski definition) is 6. The molecule has 4 unspecified atom stereocenters. The summed E-state index contributed by atoms with van der Waals surface area (Å²) in [6.45, 7) is 0.407. The minimum Gasteiger partial charge on any atom is -0.508 e. The van der Waals surface area contributed by atoms with E-state index in [1.807, 2.05) is 0 Å². The van der Waals surface area contributed by atoms with E-state index in [0.717, 1.165) is 6.42 Å². The van der Waals surface area contributed by atoms with E-state index in [-0.39, 0.29) is 28.5 Å². The van der Waals surface area contributed by atoms with Crippen molar-refractivity contribution in [3.05, 3.63) is 27.7 Å². The first-order valence-electron chi connectivity index (χ1n) is 9.09. The Morgan fingerprint density at radius 1 is 1.19 bits per heavy atom. The largest absolute Gasteiger partial charge is 0.508 e. The molecule has 1 aromatic rings. The molecule has 2 fully saturated rings. The number of aromatic hydroxyl groups is 1. The number of phenolic OH excluding ortho intramolecular Hbond substituents is 1. The number of amides is 1.